The van der Waals surface area contributed by atoms with Gasteiger partial charge in [-0.1, -0.05) is 12.1 Å². The highest BCUT2D eigenvalue weighted by Crippen LogP contribution is 2.21. The molecule has 4 N–H and O–H groups in total. The van der Waals surface area contributed by atoms with Crippen LogP contribution in [0.4, 0.5) is 0 Å². The molecule has 2 aromatic carbocycles. The Balaban J connectivity index is 1.62. The van der Waals surface area contributed by atoms with Crippen LogP contribution < -0.4 is 15.5 Å². The van der Waals surface area contributed by atoms with Gasteiger partial charge in [-0.05, 0) is 42.0 Å². The fourth-order valence-corrected chi connectivity index (χ4v) is 2.68. The molecule has 8 nitrogen and oxygen atoms in total. The van der Waals surface area contributed by atoms with Crippen LogP contribution in [-0.2, 0) is 11.3 Å². The standard InChI is InChI=1S/C20H21N3O5/c1-27-8-9-28-16-6-7-17-15(10-16)11-18(22-17)20(25)21-12-13-2-4-14(5-3-13)19(24)23-26/h2-7,10-11,22,26H,8-9,12H2,1H3,(H,21,25)(H,23,24). The molecule has 28 heavy (non-hydrogen) atoms. The highest BCUT2D eigenvalue weighted by Gasteiger charge is 2.10. The van der Waals surface area contributed by atoms with E-state index in [0.717, 1.165) is 16.5 Å². The van der Waals surface area contributed by atoms with Crippen LogP contribution in [0, 0.1) is 0 Å². The van der Waals surface area contributed by atoms with E-state index in [1.54, 1.807) is 42.9 Å². The lowest BCUT2D eigenvalue weighted by Gasteiger charge is -2.05. The summed E-state index contributed by atoms with van der Waals surface area (Å²) in [6, 6.07) is 13.9. The van der Waals surface area contributed by atoms with E-state index < -0.39 is 5.91 Å². The molecule has 0 bridgehead atoms. The normalized spacial score (nSPS) is 10.6. The number of aromatic nitrogens is 1. The molecule has 0 spiro atoms. The second kappa shape index (κ2) is 9.03. The molecule has 0 aliphatic carbocycles. The fourth-order valence-electron chi connectivity index (χ4n) is 2.68. The molecular weight excluding hydrogens is 362 g/mol. The Hall–Kier alpha value is -3.36. The number of fused-ring (bicyclic) bond motifs is 1. The van der Waals surface area contributed by atoms with Crippen molar-refractivity contribution >= 4 is 22.7 Å². The molecule has 3 aromatic rings. The lowest BCUT2D eigenvalue weighted by Crippen LogP contribution is -2.23. The van der Waals surface area contributed by atoms with Crippen LogP contribution >= 0.6 is 0 Å². The van der Waals surface area contributed by atoms with Crippen molar-refractivity contribution in [3.05, 3.63) is 65.4 Å². The zero-order valence-corrected chi connectivity index (χ0v) is 15.3. The summed E-state index contributed by atoms with van der Waals surface area (Å²) in [6.07, 6.45) is 0. The lowest BCUT2D eigenvalue weighted by molar-refractivity contribution is 0.0706. The van der Waals surface area contributed by atoms with Crippen molar-refractivity contribution in [2.45, 2.75) is 6.54 Å². The third-order valence-electron chi connectivity index (χ3n) is 4.16. The smallest absolute Gasteiger partial charge is 0.274 e. The molecule has 146 valence electrons. The molecule has 3 rings (SSSR count). The molecule has 0 saturated carbocycles. The van der Waals surface area contributed by atoms with Gasteiger partial charge in [-0.25, -0.2) is 5.48 Å². The number of nitrogens with one attached hydrogen (secondary N) is 3. The molecule has 0 atom stereocenters. The zero-order chi connectivity index (χ0) is 19.9. The highest BCUT2D eigenvalue weighted by atomic mass is 16.5. The minimum absolute atomic E-state index is 0.241. The molecule has 0 saturated heterocycles. The number of rotatable bonds is 8. The van der Waals surface area contributed by atoms with Gasteiger partial charge in [0.05, 0.1) is 6.61 Å². The number of carbonyl (C=O) groups excluding carboxylic acids is 2. The topological polar surface area (TPSA) is 113 Å². The first-order chi connectivity index (χ1) is 13.6. The summed E-state index contributed by atoms with van der Waals surface area (Å²) in [5.41, 5.74) is 4.01. The number of H-pyrrole nitrogens is 1. The summed E-state index contributed by atoms with van der Waals surface area (Å²) < 4.78 is 10.5. The maximum Gasteiger partial charge on any atom is 0.274 e. The van der Waals surface area contributed by atoms with Crippen LogP contribution in [-0.4, -0.2) is 42.3 Å². The minimum atomic E-state index is -0.584. The molecule has 1 aromatic heterocycles. The summed E-state index contributed by atoms with van der Waals surface area (Å²) in [7, 11) is 1.61. The molecule has 0 aliphatic rings. The van der Waals surface area contributed by atoms with Gasteiger partial charge < -0.3 is 19.8 Å². The number of hydroxylamine groups is 1. The Morgan fingerprint density at radius 1 is 1.04 bits per heavy atom. The Morgan fingerprint density at radius 2 is 1.82 bits per heavy atom. The van der Waals surface area contributed by atoms with Crippen molar-refractivity contribution in [3.8, 4) is 5.75 Å². The summed E-state index contributed by atoms with van der Waals surface area (Å²) in [6.45, 7) is 1.27. The van der Waals surface area contributed by atoms with Crippen molar-refractivity contribution in [1.29, 1.82) is 0 Å². The van der Waals surface area contributed by atoms with Crippen LogP contribution in [0.2, 0.25) is 0 Å². The minimum Gasteiger partial charge on any atom is -0.491 e. The van der Waals surface area contributed by atoms with Crippen molar-refractivity contribution in [3.63, 3.8) is 0 Å². The van der Waals surface area contributed by atoms with E-state index in [1.807, 2.05) is 18.2 Å². The predicted molar refractivity (Wildman–Crippen MR) is 103 cm³/mol. The molecular formula is C20H21N3O5. The van der Waals surface area contributed by atoms with Gasteiger partial charge in [0.1, 0.15) is 18.1 Å². The molecule has 0 fully saturated rings. The Labute approximate surface area is 161 Å². The quantitative estimate of drug-likeness (QED) is 0.271. The van der Waals surface area contributed by atoms with Gasteiger partial charge >= 0.3 is 0 Å². The maximum atomic E-state index is 12.4. The van der Waals surface area contributed by atoms with Crippen LogP contribution in [0.5, 0.6) is 5.75 Å². The van der Waals surface area contributed by atoms with Gasteiger partial charge in [-0.3, -0.25) is 14.8 Å². The van der Waals surface area contributed by atoms with Crippen LogP contribution in [0.1, 0.15) is 26.4 Å². The van der Waals surface area contributed by atoms with E-state index in [-0.39, 0.29) is 5.91 Å². The zero-order valence-electron chi connectivity index (χ0n) is 15.3. The Bertz CT molecular complexity index is 966. The molecule has 0 radical (unpaired) electrons. The number of aromatic amines is 1. The third kappa shape index (κ3) is 4.67. The van der Waals surface area contributed by atoms with Gasteiger partial charge in [0.25, 0.3) is 11.8 Å². The summed E-state index contributed by atoms with van der Waals surface area (Å²) in [5, 5.41) is 12.3. The van der Waals surface area contributed by atoms with E-state index in [2.05, 4.69) is 10.3 Å². The first-order valence-electron chi connectivity index (χ1n) is 8.67. The fraction of sp³-hybridized carbons (Fsp3) is 0.200. The van der Waals surface area contributed by atoms with Crippen LogP contribution in [0.15, 0.2) is 48.5 Å². The Kier molecular flexibility index (Phi) is 6.25. The monoisotopic (exact) mass is 383 g/mol. The molecule has 0 aliphatic heterocycles. The van der Waals surface area contributed by atoms with Gasteiger partial charge in [0.2, 0.25) is 0 Å². The number of benzene rings is 2. The van der Waals surface area contributed by atoms with E-state index in [0.29, 0.717) is 36.8 Å². The maximum absolute atomic E-state index is 12.4. The first-order valence-corrected chi connectivity index (χ1v) is 8.67. The molecule has 2 amide bonds. The first kappa shape index (κ1) is 19.4. The van der Waals surface area contributed by atoms with E-state index in [4.69, 9.17) is 14.7 Å². The Morgan fingerprint density at radius 3 is 2.54 bits per heavy atom. The van der Waals surface area contributed by atoms with E-state index >= 15 is 0 Å². The van der Waals surface area contributed by atoms with Gasteiger partial charge in [0, 0.05) is 30.1 Å². The lowest BCUT2D eigenvalue weighted by atomic mass is 10.1. The third-order valence-corrected chi connectivity index (χ3v) is 4.16. The number of amides is 2. The molecule has 8 heteroatoms. The number of ether oxygens (including phenoxy) is 2. The van der Waals surface area contributed by atoms with Crippen molar-refractivity contribution in [2.75, 3.05) is 20.3 Å². The number of carbonyl (C=O) groups is 2. The average Bonchev–Trinajstić information content (AvgIpc) is 3.15. The van der Waals surface area contributed by atoms with E-state index in [9.17, 15) is 9.59 Å². The van der Waals surface area contributed by atoms with Crippen molar-refractivity contribution in [1.82, 2.24) is 15.8 Å². The number of hydrogen-bond donors (Lipinski definition) is 4. The second-order valence-electron chi connectivity index (χ2n) is 6.09. The van der Waals surface area contributed by atoms with Crippen LogP contribution in [0.3, 0.4) is 0 Å². The SMILES string of the molecule is COCCOc1ccc2[nH]c(C(=O)NCc3ccc(C(=O)NO)cc3)cc2c1. The van der Waals surface area contributed by atoms with E-state index in [1.165, 1.54) is 0 Å². The second-order valence-corrected chi connectivity index (χ2v) is 6.09. The molecule has 0 unspecified atom stereocenters. The van der Waals surface area contributed by atoms with Gasteiger partial charge in [0.15, 0.2) is 0 Å². The summed E-state index contributed by atoms with van der Waals surface area (Å²) >= 11 is 0. The summed E-state index contributed by atoms with van der Waals surface area (Å²) in [4.78, 5) is 26.8. The predicted octanol–water partition coefficient (Wildman–Crippen LogP) is 2.24. The van der Waals surface area contributed by atoms with Crippen molar-refractivity contribution < 1.29 is 24.3 Å². The summed E-state index contributed by atoms with van der Waals surface area (Å²) in [5.74, 6) is -0.114. The largest absolute Gasteiger partial charge is 0.491 e. The van der Waals surface area contributed by atoms with Crippen molar-refractivity contribution in [2.24, 2.45) is 0 Å². The average molecular weight is 383 g/mol. The highest BCUT2D eigenvalue weighted by molar-refractivity contribution is 5.98. The van der Waals surface area contributed by atoms with Gasteiger partial charge in [-0.15, -0.1) is 0 Å². The van der Waals surface area contributed by atoms with Gasteiger partial charge in [-0.2, -0.15) is 0 Å². The number of methoxy groups -OCH3 is 1. The number of hydrogen-bond acceptors (Lipinski definition) is 5. The molecule has 1 heterocycles. The van der Waals surface area contributed by atoms with Crippen LogP contribution in [0.25, 0.3) is 10.9 Å².